The summed E-state index contributed by atoms with van der Waals surface area (Å²) in [4.78, 5) is 0. The van der Waals surface area contributed by atoms with Crippen LogP contribution in [-0.4, -0.2) is 12.6 Å². The van der Waals surface area contributed by atoms with Crippen molar-refractivity contribution in [3.63, 3.8) is 0 Å². The number of ether oxygens (including phenoxy) is 1. The molecular weight excluding hydrogens is 267 g/mol. The highest BCUT2D eigenvalue weighted by Crippen LogP contribution is 2.29. The number of nitriles is 1. The van der Waals surface area contributed by atoms with Crippen LogP contribution in [0, 0.1) is 24.1 Å². The fraction of sp³-hybridized carbons (Fsp3) is 0.235. The molecule has 4 heteroatoms. The summed E-state index contributed by atoms with van der Waals surface area (Å²) in [5.41, 5.74) is 3.37. The topological polar surface area (TPSA) is 45.0 Å². The summed E-state index contributed by atoms with van der Waals surface area (Å²) in [5, 5.41) is 12.2. The van der Waals surface area contributed by atoms with Gasteiger partial charge in [-0.05, 0) is 36.8 Å². The lowest BCUT2D eigenvalue weighted by Gasteiger charge is -2.13. The van der Waals surface area contributed by atoms with Gasteiger partial charge in [0.15, 0.2) is 0 Å². The summed E-state index contributed by atoms with van der Waals surface area (Å²) in [6.07, 6.45) is 0.867. The second-order valence-electron chi connectivity index (χ2n) is 5.24. The Morgan fingerprint density at radius 1 is 1.33 bits per heavy atom. The van der Waals surface area contributed by atoms with Gasteiger partial charge in [0.05, 0.1) is 17.8 Å². The minimum atomic E-state index is -0.405. The third-order valence-corrected chi connectivity index (χ3v) is 3.58. The number of benzene rings is 2. The number of fused-ring (bicyclic) bond motifs is 1. The van der Waals surface area contributed by atoms with E-state index in [0.717, 1.165) is 12.2 Å². The number of anilines is 1. The Bertz CT molecular complexity index is 721. The van der Waals surface area contributed by atoms with Gasteiger partial charge in [-0.1, -0.05) is 17.7 Å². The smallest absolute Gasteiger partial charge is 0.124 e. The summed E-state index contributed by atoms with van der Waals surface area (Å²) in [6.45, 7) is 2.64. The molecule has 0 aliphatic carbocycles. The van der Waals surface area contributed by atoms with Crippen LogP contribution >= 0.6 is 0 Å². The highest BCUT2D eigenvalue weighted by Gasteiger charge is 2.22. The lowest BCUT2D eigenvalue weighted by Crippen LogP contribution is -2.24. The maximum absolute atomic E-state index is 13.1. The molecule has 1 unspecified atom stereocenters. The van der Waals surface area contributed by atoms with Gasteiger partial charge in [0.2, 0.25) is 0 Å². The molecule has 106 valence electrons. The molecule has 0 spiro atoms. The van der Waals surface area contributed by atoms with Gasteiger partial charge in [-0.15, -0.1) is 0 Å². The minimum Gasteiger partial charge on any atom is -0.488 e. The van der Waals surface area contributed by atoms with Gasteiger partial charge < -0.3 is 10.1 Å². The highest BCUT2D eigenvalue weighted by molar-refractivity contribution is 5.57. The van der Waals surface area contributed by atoms with E-state index in [0.29, 0.717) is 17.8 Å². The molecule has 0 saturated heterocycles. The molecule has 2 aromatic carbocycles. The zero-order chi connectivity index (χ0) is 14.8. The van der Waals surface area contributed by atoms with Crippen molar-refractivity contribution in [3.05, 3.63) is 58.9 Å². The molecule has 0 radical (unpaired) electrons. The van der Waals surface area contributed by atoms with E-state index in [2.05, 4.69) is 18.3 Å². The molecule has 1 N–H and O–H groups in total. The summed E-state index contributed by atoms with van der Waals surface area (Å²) >= 11 is 0. The molecular formula is C17H15FN2O. The van der Waals surface area contributed by atoms with E-state index in [4.69, 9.17) is 10.00 Å². The van der Waals surface area contributed by atoms with Gasteiger partial charge in [0, 0.05) is 6.42 Å². The molecule has 0 bridgehead atoms. The van der Waals surface area contributed by atoms with Crippen LogP contribution in [0.15, 0.2) is 36.4 Å². The van der Waals surface area contributed by atoms with Crippen LogP contribution in [0.5, 0.6) is 5.75 Å². The first-order chi connectivity index (χ1) is 10.2. The molecule has 2 aromatic rings. The molecule has 1 aliphatic heterocycles. The maximum Gasteiger partial charge on any atom is 0.124 e. The number of hydrogen-bond donors (Lipinski definition) is 1. The van der Waals surface area contributed by atoms with Gasteiger partial charge in [-0.3, -0.25) is 0 Å². The molecule has 0 saturated carbocycles. The minimum absolute atomic E-state index is 0.0263. The van der Waals surface area contributed by atoms with Gasteiger partial charge in [-0.2, -0.15) is 5.26 Å². The summed E-state index contributed by atoms with van der Waals surface area (Å²) in [7, 11) is 0. The zero-order valence-electron chi connectivity index (χ0n) is 11.7. The van der Waals surface area contributed by atoms with Crippen molar-refractivity contribution < 1.29 is 9.13 Å². The summed E-state index contributed by atoms with van der Waals surface area (Å²) in [6, 6.07) is 12.3. The molecule has 0 fully saturated rings. The largest absolute Gasteiger partial charge is 0.488 e. The first-order valence-corrected chi connectivity index (χ1v) is 6.85. The molecule has 1 heterocycles. The van der Waals surface area contributed by atoms with Crippen molar-refractivity contribution >= 4 is 5.69 Å². The van der Waals surface area contributed by atoms with E-state index in [-0.39, 0.29) is 6.10 Å². The number of rotatable bonds is 3. The van der Waals surface area contributed by atoms with E-state index in [1.54, 1.807) is 6.07 Å². The van der Waals surface area contributed by atoms with Crippen molar-refractivity contribution in [1.82, 2.24) is 0 Å². The molecule has 1 aliphatic rings. The van der Waals surface area contributed by atoms with Crippen LogP contribution in [0.1, 0.15) is 16.7 Å². The Kier molecular flexibility index (Phi) is 3.49. The van der Waals surface area contributed by atoms with Gasteiger partial charge in [0.25, 0.3) is 0 Å². The van der Waals surface area contributed by atoms with E-state index in [9.17, 15) is 4.39 Å². The van der Waals surface area contributed by atoms with Crippen LogP contribution < -0.4 is 10.1 Å². The maximum atomic E-state index is 13.1. The number of hydrogen-bond acceptors (Lipinski definition) is 3. The average Bonchev–Trinajstić information content (AvgIpc) is 2.87. The normalized spacial score (nSPS) is 16.0. The molecule has 0 amide bonds. The zero-order valence-corrected chi connectivity index (χ0v) is 11.7. The molecule has 3 rings (SSSR count). The fourth-order valence-electron chi connectivity index (χ4n) is 2.55. The predicted molar refractivity (Wildman–Crippen MR) is 78.9 cm³/mol. The van der Waals surface area contributed by atoms with Crippen LogP contribution in [0.2, 0.25) is 0 Å². The van der Waals surface area contributed by atoms with Crippen LogP contribution in [-0.2, 0) is 6.42 Å². The third kappa shape index (κ3) is 2.82. The second-order valence-corrected chi connectivity index (χ2v) is 5.24. The lowest BCUT2D eigenvalue weighted by molar-refractivity contribution is 0.246. The lowest BCUT2D eigenvalue weighted by atomic mass is 10.1. The average molecular weight is 282 g/mol. The first-order valence-electron chi connectivity index (χ1n) is 6.85. The Morgan fingerprint density at radius 2 is 2.19 bits per heavy atom. The fourth-order valence-corrected chi connectivity index (χ4v) is 2.55. The van der Waals surface area contributed by atoms with Crippen molar-refractivity contribution in [2.45, 2.75) is 19.4 Å². The van der Waals surface area contributed by atoms with Gasteiger partial charge in [-0.25, -0.2) is 4.39 Å². The summed E-state index contributed by atoms with van der Waals surface area (Å²) < 4.78 is 19.0. The van der Waals surface area contributed by atoms with Crippen LogP contribution in [0.4, 0.5) is 10.1 Å². The molecule has 1 atom stereocenters. The van der Waals surface area contributed by atoms with Crippen LogP contribution in [0.3, 0.4) is 0 Å². The van der Waals surface area contributed by atoms with Gasteiger partial charge in [0.1, 0.15) is 23.7 Å². The Morgan fingerprint density at radius 3 is 3.00 bits per heavy atom. The van der Waals surface area contributed by atoms with E-state index < -0.39 is 5.82 Å². The first kappa shape index (κ1) is 13.4. The number of nitrogens with zero attached hydrogens (tertiary/aromatic N) is 1. The molecule has 3 nitrogen and oxygen atoms in total. The third-order valence-electron chi connectivity index (χ3n) is 3.58. The van der Waals surface area contributed by atoms with Crippen molar-refractivity contribution in [3.8, 4) is 11.8 Å². The standard InChI is InChI=1S/C17H15FN2O/c1-11-2-5-17-12(6-11)8-15(21-17)10-20-16-4-3-14(18)7-13(16)9-19/h2-7,15,20H,8,10H2,1H3. The Balaban J connectivity index is 1.67. The van der Waals surface area contributed by atoms with Crippen molar-refractivity contribution in [2.24, 2.45) is 0 Å². The molecule has 0 aromatic heterocycles. The Hall–Kier alpha value is -2.54. The Labute approximate surface area is 123 Å². The van der Waals surface area contributed by atoms with E-state index in [1.807, 2.05) is 18.2 Å². The number of aryl methyl sites for hydroxylation is 1. The van der Waals surface area contributed by atoms with Crippen LogP contribution in [0.25, 0.3) is 0 Å². The van der Waals surface area contributed by atoms with Gasteiger partial charge >= 0.3 is 0 Å². The number of halogens is 1. The quantitative estimate of drug-likeness (QED) is 0.938. The second kappa shape index (κ2) is 5.45. The SMILES string of the molecule is Cc1ccc2c(c1)CC(CNc1ccc(F)cc1C#N)O2. The van der Waals surface area contributed by atoms with E-state index >= 15 is 0 Å². The monoisotopic (exact) mass is 282 g/mol. The van der Waals surface area contributed by atoms with E-state index in [1.165, 1.54) is 23.3 Å². The summed E-state index contributed by atoms with van der Waals surface area (Å²) in [5.74, 6) is 0.518. The molecule has 21 heavy (non-hydrogen) atoms. The number of nitrogens with one attached hydrogen (secondary N) is 1. The van der Waals surface area contributed by atoms with Crippen molar-refractivity contribution in [1.29, 1.82) is 5.26 Å². The highest BCUT2D eigenvalue weighted by atomic mass is 19.1. The van der Waals surface area contributed by atoms with Crippen molar-refractivity contribution in [2.75, 3.05) is 11.9 Å². The predicted octanol–water partition coefficient (Wildman–Crippen LogP) is 3.42.